The second-order valence-corrected chi connectivity index (χ2v) is 2.54. The van der Waals surface area contributed by atoms with E-state index in [4.69, 9.17) is 0 Å². The van der Waals surface area contributed by atoms with Gasteiger partial charge in [0.15, 0.2) is 0 Å². The van der Waals surface area contributed by atoms with Crippen molar-refractivity contribution in [3.8, 4) is 0 Å². The molecule has 0 radical (unpaired) electrons. The molecule has 0 spiro atoms. The van der Waals surface area contributed by atoms with Crippen molar-refractivity contribution in [1.82, 2.24) is 4.90 Å². The molecule has 0 bridgehead atoms. The average Bonchev–Trinajstić information content (AvgIpc) is 1.83. The normalized spacial score (nSPS) is 23.7. The van der Waals surface area contributed by atoms with Gasteiger partial charge in [0.25, 0.3) is 0 Å². The summed E-state index contributed by atoms with van der Waals surface area (Å²) in [5, 5.41) is 0. The SMILES string of the molecule is CC1=CC=CC(C)N1C.O. The molecule has 0 saturated heterocycles. The topological polar surface area (TPSA) is 34.7 Å². The van der Waals surface area contributed by atoms with Gasteiger partial charge in [-0.1, -0.05) is 12.2 Å². The van der Waals surface area contributed by atoms with Gasteiger partial charge in [-0.3, -0.25) is 0 Å². The fourth-order valence-corrected chi connectivity index (χ4v) is 0.923. The molecule has 1 aliphatic rings. The number of nitrogens with zero attached hydrogens (tertiary/aromatic N) is 1. The Morgan fingerprint density at radius 2 is 2.10 bits per heavy atom. The molecule has 0 aromatic carbocycles. The van der Waals surface area contributed by atoms with E-state index in [1.807, 2.05) is 0 Å². The molecule has 2 nitrogen and oxygen atoms in total. The molecule has 0 amide bonds. The molecule has 1 atom stereocenters. The third kappa shape index (κ3) is 1.61. The molecular weight excluding hydrogens is 126 g/mol. The third-order valence-electron chi connectivity index (χ3n) is 1.89. The molecule has 58 valence electrons. The highest BCUT2D eigenvalue weighted by atomic mass is 16.0. The first kappa shape index (κ1) is 9.24. The second-order valence-electron chi connectivity index (χ2n) is 2.54. The Kier molecular flexibility index (Phi) is 3.16. The van der Waals surface area contributed by atoms with Crippen LogP contribution in [0.5, 0.6) is 0 Å². The Labute approximate surface area is 62.1 Å². The summed E-state index contributed by atoms with van der Waals surface area (Å²) in [6.45, 7) is 4.31. The standard InChI is InChI=1S/C8H13N.H2O/c1-7-5-4-6-8(2)9(7)3;/h4-7H,1-3H3;1H2. The lowest BCUT2D eigenvalue weighted by atomic mass is 10.2. The first-order valence-electron chi connectivity index (χ1n) is 3.30. The van der Waals surface area contributed by atoms with E-state index in [0.29, 0.717) is 6.04 Å². The summed E-state index contributed by atoms with van der Waals surface area (Å²) in [5.74, 6) is 0. The summed E-state index contributed by atoms with van der Waals surface area (Å²) in [7, 11) is 2.11. The van der Waals surface area contributed by atoms with Gasteiger partial charge in [0.2, 0.25) is 0 Å². The van der Waals surface area contributed by atoms with Crippen LogP contribution in [-0.2, 0) is 0 Å². The Hall–Kier alpha value is -0.760. The molecular formula is C8H15NO. The van der Waals surface area contributed by atoms with E-state index < -0.39 is 0 Å². The van der Waals surface area contributed by atoms with Crippen molar-refractivity contribution < 1.29 is 5.48 Å². The molecule has 0 aromatic heterocycles. The summed E-state index contributed by atoms with van der Waals surface area (Å²) in [5.41, 5.74) is 1.34. The van der Waals surface area contributed by atoms with Gasteiger partial charge in [0, 0.05) is 18.8 Å². The summed E-state index contributed by atoms with van der Waals surface area (Å²) < 4.78 is 0. The Morgan fingerprint density at radius 3 is 2.50 bits per heavy atom. The van der Waals surface area contributed by atoms with Gasteiger partial charge in [-0.15, -0.1) is 0 Å². The number of rotatable bonds is 0. The molecule has 0 aliphatic carbocycles. The lowest BCUT2D eigenvalue weighted by Crippen LogP contribution is -2.26. The predicted octanol–water partition coefficient (Wildman–Crippen LogP) is 0.956. The van der Waals surface area contributed by atoms with Gasteiger partial charge in [0.1, 0.15) is 0 Å². The number of hydrogen-bond donors (Lipinski definition) is 0. The maximum absolute atomic E-state index is 2.25. The minimum atomic E-state index is 0. The zero-order valence-corrected chi connectivity index (χ0v) is 6.76. The largest absolute Gasteiger partial charge is 0.412 e. The zero-order valence-electron chi connectivity index (χ0n) is 6.76. The lowest BCUT2D eigenvalue weighted by molar-refractivity contribution is 0.369. The van der Waals surface area contributed by atoms with Crippen molar-refractivity contribution in [2.45, 2.75) is 19.9 Å². The van der Waals surface area contributed by atoms with Crippen LogP contribution in [-0.4, -0.2) is 23.5 Å². The van der Waals surface area contributed by atoms with E-state index in [1.54, 1.807) is 0 Å². The van der Waals surface area contributed by atoms with Crippen molar-refractivity contribution >= 4 is 0 Å². The fourth-order valence-electron chi connectivity index (χ4n) is 0.923. The molecule has 1 unspecified atom stereocenters. The smallest absolute Gasteiger partial charge is 0.0441 e. The third-order valence-corrected chi connectivity index (χ3v) is 1.89. The average molecular weight is 141 g/mol. The molecule has 2 N–H and O–H groups in total. The van der Waals surface area contributed by atoms with E-state index in [2.05, 4.69) is 44.0 Å². The summed E-state index contributed by atoms with van der Waals surface area (Å²) >= 11 is 0. The van der Waals surface area contributed by atoms with Crippen LogP contribution in [0.4, 0.5) is 0 Å². The van der Waals surface area contributed by atoms with Crippen LogP contribution in [0.2, 0.25) is 0 Å². The summed E-state index contributed by atoms with van der Waals surface area (Å²) in [6.07, 6.45) is 6.42. The molecule has 1 rings (SSSR count). The van der Waals surface area contributed by atoms with Crippen LogP contribution >= 0.6 is 0 Å². The van der Waals surface area contributed by atoms with Crippen molar-refractivity contribution in [2.75, 3.05) is 7.05 Å². The highest BCUT2D eigenvalue weighted by Crippen LogP contribution is 2.11. The van der Waals surface area contributed by atoms with Gasteiger partial charge in [-0.25, -0.2) is 0 Å². The first-order chi connectivity index (χ1) is 4.22. The first-order valence-corrected chi connectivity index (χ1v) is 3.30. The lowest BCUT2D eigenvalue weighted by Gasteiger charge is -2.27. The monoisotopic (exact) mass is 141 g/mol. The van der Waals surface area contributed by atoms with Crippen molar-refractivity contribution in [2.24, 2.45) is 0 Å². The Bertz CT molecular complexity index is 161. The maximum Gasteiger partial charge on any atom is 0.0441 e. The van der Waals surface area contributed by atoms with Crippen molar-refractivity contribution in [3.05, 3.63) is 23.9 Å². The predicted molar refractivity (Wildman–Crippen MR) is 43.7 cm³/mol. The van der Waals surface area contributed by atoms with Gasteiger partial charge < -0.3 is 10.4 Å². The quantitative estimate of drug-likeness (QED) is 0.494. The minimum Gasteiger partial charge on any atom is -0.412 e. The number of allylic oxidation sites excluding steroid dienone is 3. The summed E-state index contributed by atoms with van der Waals surface area (Å²) in [6, 6.07) is 0.565. The van der Waals surface area contributed by atoms with Crippen LogP contribution in [0.15, 0.2) is 23.9 Å². The van der Waals surface area contributed by atoms with Crippen LogP contribution in [0.3, 0.4) is 0 Å². The molecule has 10 heavy (non-hydrogen) atoms. The number of hydrogen-bond acceptors (Lipinski definition) is 1. The molecule has 0 saturated carbocycles. The van der Waals surface area contributed by atoms with Crippen LogP contribution in [0.25, 0.3) is 0 Å². The highest BCUT2D eigenvalue weighted by Gasteiger charge is 2.07. The molecule has 2 heteroatoms. The van der Waals surface area contributed by atoms with E-state index >= 15 is 0 Å². The van der Waals surface area contributed by atoms with Gasteiger partial charge >= 0.3 is 0 Å². The molecule has 0 fully saturated rings. The van der Waals surface area contributed by atoms with E-state index in [9.17, 15) is 0 Å². The fraction of sp³-hybridized carbons (Fsp3) is 0.500. The molecule has 0 aromatic rings. The van der Waals surface area contributed by atoms with Gasteiger partial charge in [0.05, 0.1) is 0 Å². The summed E-state index contributed by atoms with van der Waals surface area (Å²) in [4.78, 5) is 2.25. The van der Waals surface area contributed by atoms with Gasteiger partial charge in [-0.2, -0.15) is 0 Å². The van der Waals surface area contributed by atoms with E-state index in [-0.39, 0.29) is 5.48 Å². The number of likely N-dealkylation sites (N-methyl/N-ethyl adjacent to an activating group) is 1. The Morgan fingerprint density at radius 1 is 1.50 bits per heavy atom. The van der Waals surface area contributed by atoms with E-state index in [0.717, 1.165) is 0 Å². The maximum atomic E-state index is 2.25. The van der Waals surface area contributed by atoms with E-state index in [1.165, 1.54) is 5.70 Å². The van der Waals surface area contributed by atoms with Crippen LogP contribution < -0.4 is 0 Å². The molecule has 1 heterocycles. The molecule has 1 aliphatic heterocycles. The Balaban J connectivity index is 0.000000810. The van der Waals surface area contributed by atoms with Crippen molar-refractivity contribution in [3.63, 3.8) is 0 Å². The second kappa shape index (κ2) is 3.42. The zero-order chi connectivity index (χ0) is 6.85. The van der Waals surface area contributed by atoms with Crippen LogP contribution in [0, 0.1) is 0 Å². The highest BCUT2D eigenvalue weighted by molar-refractivity contribution is 5.17. The minimum absolute atomic E-state index is 0. The van der Waals surface area contributed by atoms with Crippen molar-refractivity contribution in [1.29, 1.82) is 0 Å². The van der Waals surface area contributed by atoms with Gasteiger partial charge in [-0.05, 0) is 19.9 Å². The van der Waals surface area contributed by atoms with Crippen LogP contribution in [0.1, 0.15) is 13.8 Å².